The lowest BCUT2D eigenvalue weighted by Crippen LogP contribution is -2.42. The normalized spacial score (nSPS) is 20.9. The molecule has 3 nitrogen and oxygen atoms in total. The first kappa shape index (κ1) is 17.5. The zero-order valence-corrected chi connectivity index (χ0v) is 15.4. The van der Waals surface area contributed by atoms with Crippen molar-refractivity contribution in [1.82, 2.24) is 10.2 Å². The Bertz CT molecular complexity index is 486. The van der Waals surface area contributed by atoms with E-state index in [1.807, 2.05) is 13.8 Å². The summed E-state index contributed by atoms with van der Waals surface area (Å²) in [5.41, 5.74) is 1.36. The number of hydrogen-bond acceptors (Lipinski definition) is 2. The summed E-state index contributed by atoms with van der Waals surface area (Å²) in [7, 11) is 0. The third kappa shape index (κ3) is 4.82. The number of halogens is 1. The first-order valence-corrected chi connectivity index (χ1v) is 9.04. The van der Waals surface area contributed by atoms with E-state index in [0.717, 1.165) is 24.1 Å². The van der Waals surface area contributed by atoms with Gasteiger partial charge in [-0.3, -0.25) is 9.69 Å². The Morgan fingerprint density at radius 2 is 2.00 bits per heavy atom. The van der Waals surface area contributed by atoms with Crippen LogP contribution in [0.1, 0.15) is 45.2 Å². The van der Waals surface area contributed by atoms with Crippen molar-refractivity contribution in [2.45, 2.75) is 39.7 Å². The molecule has 4 heteroatoms. The van der Waals surface area contributed by atoms with E-state index in [0.29, 0.717) is 12.0 Å². The van der Waals surface area contributed by atoms with Gasteiger partial charge < -0.3 is 5.32 Å². The van der Waals surface area contributed by atoms with Crippen LogP contribution < -0.4 is 5.32 Å². The topological polar surface area (TPSA) is 32.3 Å². The first-order valence-electron chi connectivity index (χ1n) is 8.24. The van der Waals surface area contributed by atoms with E-state index in [4.69, 9.17) is 0 Å². The minimum absolute atomic E-state index is 0.0707. The summed E-state index contributed by atoms with van der Waals surface area (Å²) in [4.78, 5) is 14.3. The molecule has 1 fully saturated rings. The predicted octanol–water partition coefficient (Wildman–Crippen LogP) is 3.99. The van der Waals surface area contributed by atoms with Gasteiger partial charge in [-0.25, -0.2) is 0 Å². The van der Waals surface area contributed by atoms with Crippen molar-refractivity contribution in [1.29, 1.82) is 0 Å². The van der Waals surface area contributed by atoms with Crippen LogP contribution in [0.5, 0.6) is 0 Å². The van der Waals surface area contributed by atoms with Crippen LogP contribution >= 0.6 is 15.9 Å². The maximum Gasteiger partial charge on any atom is 0.222 e. The van der Waals surface area contributed by atoms with Crippen molar-refractivity contribution in [2.24, 2.45) is 11.8 Å². The monoisotopic (exact) mass is 366 g/mol. The van der Waals surface area contributed by atoms with Gasteiger partial charge in [0.1, 0.15) is 0 Å². The summed E-state index contributed by atoms with van der Waals surface area (Å²) in [6, 6.07) is 9.03. The number of benzene rings is 1. The van der Waals surface area contributed by atoms with E-state index < -0.39 is 0 Å². The van der Waals surface area contributed by atoms with Gasteiger partial charge in [0.05, 0.1) is 0 Å². The average molecular weight is 367 g/mol. The van der Waals surface area contributed by atoms with E-state index in [1.165, 1.54) is 18.4 Å². The fourth-order valence-corrected chi connectivity index (χ4v) is 3.28. The van der Waals surface area contributed by atoms with Crippen LogP contribution in [0.3, 0.4) is 0 Å². The number of carbonyl (C=O) groups is 1. The lowest BCUT2D eigenvalue weighted by atomic mass is 9.95. The molecule has 0 radical (unpaired) electrons. The number of amides is 1. The predicted molar refractivity (Wildman–Crippen MR) is 94.7 cm³/mol. The summed E-state index contributed by atoms with van der Waals surface area (Å²) in [5.74, 6) is 0.800. The molecular formula is C18H27BrN2O. The van der Waals surface area contributed by atoms with E-state index in [1.54, 1.807) is 0 Å². The molecule has 1 amide bonds. The summed E-state index contributed by atoms with van der Waals surface area (Å²) in [6.07, 6.45) is 2.42. The molecule has 2 atom stereocenters. The van der Waals surface area contributed by atoms with Gasteiger partial charge in [0, 0.05) is 29.5 Å². The fraction of sp³-hybridized carbons (Fsp3) is 0.611. The molecule has 2 unspecified atom stereocenters. The van der Waals surface area contributed by atoms with Gasteiger partial charge in [-0.15, -0.1) is 0 Å². The quantitative estimate of drug-likeness (QED) is 0.853. The Morgan fingerprint density at radius 3 is 2.64 bits per heavy atom. The molecule has 0 aliphatic carbocycles. The molecule has 1 aromatic carbocycles. The summed E-state index contributed by atoms with van der Waals surface area (Å²) >= 11 is 3.49. The smallest absolute Gasteiger partial charge is 0.222 e. The average Bonchev–Trinajstić information content (AvgIpc) is 2.52. The Morgan fingerprint density at radius 1 is 1.32 bits per heavy atom. The number of piperidine rings is 1. The molecule has 22 heavy (non-hydrogen) atoms. The van der Waals surface area contributed by atoms with Gasteiger partial charge in [-0.2, -0.15) is 0 Å². The van der Waals surface area contributed by atoms with Crippen LogP contribution in [0.15, 0.2) is 28.7 Å². The molecule has 122 valence electrons. The zero-order chi connectivity index (χ0) is 16.1. The van der Waals surface area contributed by atoms with Gasteiger partial charge in [-0.05, 0) is 49.9 Å². The molecule has 2 rings (SSSR count). The molecule has 0 bridgehead atoms. The summed E-state index contributed by atoms with van der Waals surface area (Å²) < 4.78 is 1.12. The standard InChI is InChI=1S/C18H27BrN2O/c1-13(2)18(22)20-11-15-5-4-10-21(12-15)14(3)16-6-8-17(19)9-7-16/h6-9,13-15H,4-5,10-12H2,1-3H3,(H,20,22). The van der Waals surface area contributed by atoms with Crippen molar-refractivity contribution in [3.63, 3.8) is 0 Å². The van der Waals surface area contributed by atoms with Crippen LogP contribution in [0.4, 0.5) is 0 Å². The summed E-state index contributed by atoms with van der Waals surface area (Å²) in [6.45, 7) is 9.18. The number of hydrogen-bond donors (Lipinski definition) is 1. The first-order chi connectivity index (χ1) is 10.5. The van der Waals surface area contributed by atoms with Gasteiger partial charge in [0.2, 0.25) is 5.91 Å². The number of rotatable bonds is 5. The summed E-state index contributed by atoms with van der Waals surface area (Å²) in [5, 5.41) is 3.09. The second kappa shape index (κ2) is 8.11. The second-order valence-electron chi connectivity index (χ2n) is 6.63. The van der Waals surface area contributed by atoms with Crippen LogP contribution in [0.25, 0.3) is 0 Å². The number of likely N-dealkylation sites (tertiary alicyclic amines) is 1. The van der Waals surface area contributed by atoms with Crippen molar-refractivity contribution < 1.29 is 4.79 Å². The molecule has 0 saturated carbocycles. The minimum atomic E-state index is 0.0707. The lowest BCUT2D eigenvalue weighted by Gasteiger charge is -2.37. The molecule has 1 N–H and O–H groups in total. The lowest BCUT2D eigenvalue weighted by molar-refractivity contribution is -0.124. The third-order valence-electron chi connectivity index (χ3n) is 4.54. The van der Waals surface area contributed by atoms with E-state index >= 15 is 0 Å². The van der Waals surface area contributed by atoms with Gasteiger partial charge in [0.25, 0.3) is 0 Å². The molecule has 1 aliphatic heterocycles. The van der Waals surface area contributed by atoms with Crippen molar-refractivity contribution >= 4 is 21.8 Å². The van der Waals surface area contributed by atoms with Crippen molar-refractivity contribution in [3.8, 4) is 0 Å². The molecule has 0 spiro atoms. The third-order valence-corrected chi connectivity index (χ3v) is 5.07. The van der Waals surface area contributed by atoms with E-state index in [2.05, 4.69) is 57.3 Å². The van der Waals surface area contributed by atoms with Gasteiger partial charge in [0.15, 0.2) is 0 Å². The highest BCUT2D eigenvalue weighted by molar-refractivity contribution is 9.10. The fourth-order valence-electron chi connectivity index (χ4n) is 3.02. The maximum absolute atomic E-state index is 11.7. The van der Waals surface area contributed by atoms with E-state index in [-0.39, 0.29) is 11.8 Å². The Balaban J connectivity index is 1.89. The zero-order valence-electron chi connectivity index (χ0n) is 13.8. The van der Waals surface area contributed by atoms with Gasteiger partial charge >= 0.3 is 0 Å². The second-order valence-corrected chi connectivity index (χ2v) is 7.55. The SMILES string of the molecule is CC(C)C(=O)NCC1CCCN(C(C)c2ccc(Br)cc2)C1. The maximum atomic E-state index is 11.7. The highest BCUT2D eigenvalue weighted by Crippen LogP contribution is 2.27. The number of nitrogens with one attached hydrogen (secondary N) is 1. The number of nitrogens with zero attached hydrogens (tertiary/aromatic N) is 1. The highest BCUT2D eigenvalue weighted by Gasteiger charge is 2.24. The van der Waals surface area contributed by atoms with Gasteiger partial charge in [-0.1, -0.05) is 41.9 Å². The number of carbonyl (C=O) groups excluding carboxylic acids is 1. The van der Waals surface area contributed by atoms with E-state index in [9.17, 15) is 4.79 Å². The molecule has 1 saturated heterocycles. The highest BCUT2D eigenvalue weighted by atomic mass is 79.9. The molecule has 0 aromatic heterocycles. The van der Waals surface area contributed by atoms with Crippen LogP contribution in [-0.4, -0.2) is 30.4 Å². The Kier molecular flexibility index (Phi) is 6.45. The largest absolute Gasteiger partial charge is 0.356 e. The van der Waals surface area contributed by atoms with Crippen LogP contribution in [0, 0.1) is 11.8 Å². The van der Waals surface area contributed by atoms with Crippen molar-refractivity contribution in [2.75, 3.05) is 19.6 Å². The molecule has 1 aliphatic rings. The molecule has 1 heterocycles. The van der Waals surface area contributed by atoms with Crippen LogP contribution in [-0.2, 0) is 4.79 Å². The molecule has 1 aromatic rings. The Labute approximate surface area is 142 Å². The Hall–Kier alpha value is -0.870. The van der Waals surface area contributed by atoms with Crippen molar-refractivity contribution in [3.05, 3.63) is 34.3 Å². The van der Waals surface area contributed by atoms with Crippen LogP contribution in [0.2, 0.25) is 0 Å². The minimum Gasteiger partial charge on any atom is -0.356 e. The molecular weight excluding hydrogens is 340 g/mol.